The highest BCUT2D eigenvalue weighted by Gasteiger charge is 2.69. The molecule has 0 aromatic carbocycles. The molecule has 6 unspecified atom stereocenters. The van der Waals surface area contributed by atoms with E-state index >= 15 is 0 Å². The Morgan fingerprint density at radius 1 is 1.00 bits per heavy atom. The predicted octanol–water partition coefficient (Wildman–Crippen LogP) is 3.28. The van der Waals surface area contributed by atoms with Gasteiger partial charge in [-0.25, -0.2) is 0 Å². The lowest BCUT2D eigenvalue weighted by atomic mass is 9.39. The lowest BCUT2D eigenvalue weighted by Gasteiger charge is -2.66. The maximum atomic E-state index is 12.3. The van der Waals surface area contributed by atoms with Crippen LogP contribution in [0.2, 0.25) is 0 Å². The van der Waals surface area contributed by atoms with Crippen molar-refractivity contribution in [1.82, 2.24) is 0 Å². The molecular weight excluding hydrogens is 328 g/mol. The van der Waals surface area contributed by atoms with Gasteiger partial charge in [-0.15, -0.1) is 0 Å². The number of fused-ring (bicyclic) bond motifs is 5. The van der Waals surface area contributed by atoms with Crippen LogP contribution in [0.15, 0.2) is 0 Å². The Bertz CT molecular complexity index is 659. The average molecular weight is 363 g/mol. The van der Waals surface area contributed by atoms with Crippen LogP contribution in [0.5, 0.6) is 0 Å². The summed E-state index contributed by atoms with van der Waals surface area (Å²) in [6.45, 7) is 8.06. The minimum absolute atomic E-state index is 0.0402. The van der Waals surface area contributed by atoms with Crippen LogP contribution in [-0.4, -0.2) is 33.5 Å². The van der Waals surface area contributed by atoms with Crippen molar-refractivity contribution in [2.24, 2.45) is 34.0 Å². The lowest BCUT2D eigenvalue weighted by molar-refractivity contribution is -0.213. The Hall–Kier alpha value is -0.740. The first-order chi connectivity index (χ1) is 12.0. The van der Waals surface area contributed by atoms with Crippen LogP contribution < -0.4 is 0 Å². The summed E-state index contributed by atoms with van der Waals surface area (Å²) in [5, 5.41) is 22.4. The van der Waals surface area contributed by atoms with Gasteiger partial charge in [0, 0.05) is 23.7 Å². The fourth-order valence-corrected chi connectivity index (χ4v) is 8.01. The number of carbonyl (C=O) groups excluding carboxylic acids is 2. The molecule has 0 aliphatic heterocycles. The summed E-state index contributed by atoms with van der Waals surface area (Å²) in [5.41, 5.74) is -1.97. The van der Waals surface area contributed by atoms with Crippen molar-refractivity contribution in [1.29, 1.82) is 0 Å². The summed E-state index contributed by atoms with van der Waals surface area (Å²) in [6, 6.07) is 0. The minimum atomic E-state index is -1.21. The predicted molar refractivity (Wildman–Crippen MR) is 98.4 cm³/mol. The zero-order valence-corrected chi connectivity index (χ0v) is 16.7. The number of aliphatic hydroxyl groups excluding tert-OH is 1. The topological polar surface area (TPSA) is 74.6 Å². The largest absolute Gasteiger partial charge is 0.393 e. The summed E-state index contributed by atoms with van der Waals surface area (Å²) >= 11 is 0. The molecule has 0 heterocycles. The van der Waals surface area contributed by atoms with E-state index in [9.17, 15) is 19.8 Å². The Morgan fingerprint density at radius 2 is 1.62 bits per heavy atom. The average Bonchev–Trinajstić information content (AvgIpc) is 2.84. The van der Waals surface area contributed by atoms with Gasteiger partial charge in [-0.3, -0.25) is 9.59 Å². The van der Waals surface area contributed by atoms with Gasteiger partial charge in [-0.2, -0.15) is 0 Å². The van der Waals surface area contributed by atoms with E-state index in [2.05, 4.69) is 20.8 Å². The first-order valence-electron chi connectivity index (χ1n) is 10.4. The second kappa shape index (κ2) is 5.41. The van der Waals surface area contributed by atoms with Crippen molar-refractivity contribution in [3.8, 4) is 0 Å². The van der Waals surface area contributed by atoms with Crippen LogP contribution in [0.1, 0.15) is 79.1 Å². The Labute approximate surface area is 156 Å². The van der Waals surface area contributed by atoms with Gasteiger partial charge < -0.3 is 10.2 Å². The highest BCUT2D eigenvalue weighted by Crippen LogP contribution is 2.70. The Morgan fingerprint density at radius 3 is 2.27 bits per heavy atom. The molecule has 0 aromatic heterocycles. The third-order valence-corrected chi connectivity index (χ3v) is 10.0. The number of carbonyl (C=O) groups is 2. The number of hydrogen-bond donors (Lipinski definition) is 2. The van der Waals surface area contributed by atoms with Gasteiger partial charge in [0.2, 0.25) is 0 Å². The first kappa shape index (κ1) is 18.6. The lowest BCUT2D eigenvalue weighted by Crippen LogP contribution is -2.64. The quantitative estimate of drug-likeness (QED) is 0.751. The van der Waals surface area contributed by atoms with E-state index in [1.807, 2.05) is 0 Å². The van der Waals surface area contributed by atoms with Crippen LogP contribution in [0.4, 0.5) is 0 Å². The monoisotopic (exact) mass is 362 g/mol. The minimum Gasteiger partial charge on any atom is -0.393 e. The summed E-state index contributed by atoms with van der Waals surface area (Å²) in [5.74, 6) is 1.27. The van der Waals surface area contributed by atoms with Crippen molar-refractivity contribution in [3.05, 3.63) is 0 Å². The number of Topliss-reactive ketones (excluding diaryl/α,β-unsaturated/α-hetero) is 2. The van der Waals surface area contributed by atoms with E-state index in [-0.39, 0.29) is 33.7 Å². The summed E-state index contributed by atoms with van der Waals surface area (Å²) in [4.78, 5) is 24.5. The molecule has 4 fully saturated rings. The molecule has 4 heteroatoms. The molecule has 0 radical (unpaired) electrons. The number of aliphatic hydroxyl groups is 2. The SMILES string of the molecule is CC(=O)[C@@]1(O)CCC2C3C[C@H](O)C4(C)CC(=O)CCC4(C)C3CCC21C. The second-order valence-electron chi connectivity index (χ2n) is 10.6. The van der Waals surface area contributed by atoms with Crippen LogP contribution >= 0.6 is 0 Å². The summed E-state index contributed by atoms with van der Waals surface area (Å²) in [6.07, 6.45) is 5.48. The van der Waals surface area contributed by atoms with Crippen molar-refractivity contribution >= 4 is 11.6 Å². The molecule has 0 bridgehead atoms. The van der Waals surface area contributed by atoms with Gasteiger partial charge in [0.05, 0.1) is 6.10 Å². The molecule has 0 aromatic rings. The van der Waals surface area contributed by atoms with Gasteiger partial charge in [0.1, 0.15) is 11.4 Å². The van der Waals surface area contributed by atoms with E-state index in [1.165, 1.54) is 6.92 Å². The van der Waals surface area contributed by atoms with Crippen molar-refractivity contribution in [3.63, 3.8) is 0 Å². The molecular formula is C22H34O4. The van der Waals surface area contributed by atoms with E-state index in [4.69, 9.17) is 0 Å². The molecule has 4 aliphatic carbocycles. The Balaban J connectivity index is 1.73. The Kier molecular flexibility index (Phi) is 3.87. The van der Waals surface area contributed by atoms with Gasteiger partial charge >= 0.3 is 0 Å². The van der Waals surface area contributed by atoms with E-state index in [0.717, 1.165) is 25.7 Å². The molecule has 0 spiro atoms. The maximum absolute atomic E-state index is 12.3. The maximum Gasteiger partial charge on any atom is 0.161 e. The number of rotatable bonds is 1. The summed E-state index contributed by atoms with van der Waals surface area (Å²) in [7, 11) is 0. The highest BCUT2D eigenvalue weighted by molar-refractivity contribution is 5.86. The van der Waals surface area contributed by atoms with Gasteiger partial charge in [0.15, 0.2) is 5.78 Å². The standard InChI is InChI=1S/C22H34O4/c1-13(23)22(26)10-7-17-15-11-18(25)21(4)12-14(24)5-8-19(21,2)16(15)6-9-20(17,22)3/h15-18,25-26H,5-12H2,1-4H3/t15?,16?,17?,18-,19?,20?,21?,22-/m0/s1. The molecule has 2 N–H and O–H groups in total. The van der Waals surface area contributed by atoms with Crippen molar-refractivity contribution < 1.29 is 19.8 Å². The third-order valence-electron chi connectivity index (χ3n) is 10.0. The fourth-order valence-electron chi connectivity index (χ4n) is 8.01. The molecule has 4 nitrogen and oxygen atoms in total. The van der Waals surface area contributed by atoms with E-state index in [0.29, 0.717) is 37.5 Å². The van der Waals surface area contributed by atoms with Gasteiger partial charge in [0.25, 0.3) is 0 Å². The number of hydrogen-bond acceptors (Lipinski definition) is 4. The zero-order chi connectivity index (χ0) is 19.1. The third kappa shape index (κ3) is 1.98. The molecule has 0 saturated heterocycles. The first-order valence-corrected chi connectivity index (χ1v) is 10.4. The molecule has 8 atom stereocenters. The van der Waals surface area contributed by atoms with Crippen molar-refractivity contribution in [2.75, 3.05) is 0 Å². The smallest absolute Gasteiger partial charge is 0.161 e. The summed E-state index contributed by atoms with van der Waals surface area (Å²) < 4.78 is 0. The van der Waals surface area contributed by atoms with E-state index in [1.54, 1.807) is 0 Å². The second-order valence-corrected chi connectivity index (χ2v) is 10.6. The normalized spacial score (nSPS) is 56.5. The highest BCUT2D eigenvalue weighted by atomic mass is 16.3. The van der Waals surface area contributed by atoms with Crippen LogP contribution in [0, 0.1) is 34.0 Å². The van der Waals surface area contributed by atoms with Crippen LogP contribution in [0.3, 0.4) is 0 Å². The van der Waals surface area contributed by atoms with Crippen LogP contribution in [0.25, 0.3) is 0 Å². The molecule has 4 rings (SSSR count). The molecule has 146 valence electrons. The zero-order valence-electron chi connectivity index (χ0n) is 16.7. The van der Waals surface area contributed by atoms with Gasteiger partial charge in [-0.1, -0.05) is 20.8 Å². The molecule has 4 aliphatic rings. The van der Waals surface area contributed by atoms with Crippen LogP contribution in [-0.2, 0) is 9.59 Å². The van der Waals surface area contributed by atoms with Gasteiger partial charge in [-0.05, 0) is 68.6 Å². The molecule has 4 saturated carbocycles. The fraction of sp³-hybridized carbons (Fsp3) is 0.909. The van der Waals surface area contributed by atoms with E-state index < -0.39 is 11.7 Å². The number of ketones is 2. The molecule has 26 heavy (non-hydrogen) atoms. The molecule has 0 amide bonds. The van der Waals surface area contributed by atoms with Crippen molar-refractivity contribution in [2.45, 2.75) is 90.8 Å².